The molecule has 0 spiro atoms. The van der Waals surface area contributed by atoms with Gasteiger partial charge in [-0.2, -0.15) is 0 Å². The first-order chi connectivity index (χ1) is 19.0. The highest BCUT2D eigenvalue weighted by Gasteiger charge is 2.34. The maximum absolute atomic E-state index is 13.0. The van der Waals surface area contributed by atoms with Gasteiger partial charge in [0.05, 0.1) is 19.4 Å². The van der Waals surface area contributed by atoms with Gasteiger partial charge in [0, 0.05) is 30.4 Å². The van der Waals surface area contributed by atoms with Crippen molar-refractivity contribution in [3.05, 3.63) is 89.1 Å². The molecule has 3 heterocycles. The van der Waals surface area contributed by atoms with E-state index in [0.29, 0.717) is 34.8 Å². The number of nitrogens with zero attached hydrogens (tertiary/aromatic N) is 2. The SMILES string of the molecule is COC(=O)[C@@H]1COC(c2c(C=O)cccc2NC(=O)Nc2cc(C3CCN(Cc4ccccc4)C3)ccn2)N1. The highest BCUT2D eigenvalue weighted by Crippen LogP contribution is 2.31. The van der Waals surface area contributed by atoms with E-state index in [2.05, 4.69) is 50.1 Å². The van der Waals surface area contributed by atoms with Gasteiger partial charge in [-0.05, 0) is 48.2 Å². The van der Waals surface area contributed by atoms with E-state index >= 15 is 0 Å². The number of aromatic nitrogens is 1. The summed E-state index contributed by atoms with van der Waals surface area (Å²) in [4.78, 5) is 43.4. The molecule has 0 radical (unpaired) electrons. The van der Waals surface area contributed by atoms with Gasteiger partial charge in [-0.15, -0.1) is 0 Å². The molecular formula is C29H31N5O5. The third-order valence-electron chi connectivity index (χ3n) is 7.06. The van der Waals surface area contributed by atoms with Gasteiger partial charge in [0.25, 0.3) is 0 Å². The number of methoxy groups -OCH3 is 1. The Labute approximate surface area is 226 Å². The molecule has 5 rings (SSSR count). The van der Waals surface area contributed by atoms with E-state index in [0.717, 1.165) is 31.6 Å². The van der Waals surface area contributed by atoms with Crippen LogP contribution in [-0.4, -0.2) is 61.0 Å². The van der Waals surface area contributed by atoms with Crippen LogP contribution in [0.15, 0.2) is 66.9 Å². The monoisotopic (exact) mass is 529 g/mol. The molecule has 0 bridgehead atoms. The molecule has 3 atom stereocenters. The van der Waals surface area contributed by atoms with Crippen LogP contribution in [0, 0.1) is 0 Å². The molecule has 2 aliphatic rings. The smallest absolute Gasteiger partial charge is 0.325 e. The summed E-state index contributed by atoms with van der Waals surface area (Å²) in [5.41, 5.74) is 3.56. The number of likely N-dealkylation sites (tertiary alicyclic amines) is 1. The number of amides is 2. The lowest BCUT2D eigenvalue weighted by Crippen LogP contribution is -2.35. The maximum Gasteiger partial charge on any atom is 0.325 e. The van der Waals surface area contributed by atoms with Crippen LogP contribution in [0.4, 0.5) is 16.3 Å². The Morgan fingerprint density at radius 3 is 2.79 bits per heavy atom. The predicted molar refractivity (Wildman–Crippen MR) is 145 cm³/mol. The van der Waals surface area contributed by atoms with Crippen LogP contribution in [0.5, 0.6) is 0 Å². The molecule has 2 saturated heterocycles. The molecule has 202 valence electrons. The number of carbonyl (C=O) groups is 3. The first-order valence-corrected chi connectivity index (χ1v) is 12.9. The number of benzene rings is 2. The van der Waals surface area contributed by atoms with Gasteiger partial charge in [0.1, 0.15) is 18.1 Å². The van der Waals surface area contributed by atoms with E-state index in [9.17, 15) is 14.4 Å². The Hall–Kier alpha value is -4.12. The number of hydrogen-bond donors (Lipinski definition) is 3. The molecule has 10 heteroatoms. The van der Waals surface area contributed by atoms with Crippen LogP contribution >= 0.6 is 0 Å². The Bertz CT molecular complexity index is 1330. The van der Waals surface area contributed by atoms with E-state index in [4.69, 9.17) is 9.47 Å². The number of pyridine rings is 1. The highest BCUT2D eigenvalue weighted by molar-refractivity contribution is 6.00. The molecular weight excluding hydrogens is 498 g/mol. The van der Waals surface area contributed by atoms with Gasteiger partial charge in [-0.25, -0.2) is 9.78 Å². The number of esters is 1. The zero-order valence-electron chi connectivity index (χ0n) is 21.6. The molecule has 0 aliphatic carbocycles. The van der Waals surface area contributed by atoms with E-state index in [1.807, 2.05) is 18.2 Å². The average Bonchev–Trinajstić information content (AvgIpc) is 3.63. The van der Waals surface area contributed by atoms with Gasteiger partial charge in [0.2, 0.25) is 0 Å². The molecule has 3 N–H and O–H groups in total. The molecule has 39 heavy (non-hydrogen) atoms. The summed E-state index contributed by atoms with van der Waals surface area (Å²) in [5.74, 6) is 0.315. The Kier molecular flexibility index (Phi) is 8.26. The first-order valence-electron chi connectivity index (χ1n) is 12.9. The first kappa shape index (κ1) is 26.5. The van der Waals surface area contributed by atoms with Crippen LogP contribution in [0.25, 0.3) is 0 Å². The zero-order valence-corrected chi connectivity index (χ0v) is 21.6. The minimum Gasteiger partial charge on any atom is -0.468 e. The number of rotatable bonds is 8. The van der Waals surface area contributed by atoms with Crippen molar-refractivity contribution in [1.29, 1.82) is 0 Å². The summed E-state index contributed by atoms with van der Waals surface area (Å²) in [6, 6.07) is 18.1. The number of anilines is 2. The molecule has 1 aromatic heterocycles. The second kappa shape index (κ2) is 12.2. The number of aldehydes is 1. The summed E-state index contributed by atoms with van der Waals surface area (Å²) in [5, 5.41) is 8.61. The summed E-state index contributed by atoms with van der Waals surface area (Å²) < 4.78 is 10.5. The van der Waals surface area contributed by atoms with Crippen molar-refractivity contribution in [3.8, 4) is 0 Å². The number of nitrogens with one attached hydrogen (secondary N) is 3. The van der Waals surface area contributed by atoms with Gasteiger partial charge >= 0.3 is 12.0 Å². The van der Waals surface area contributed by atoms with Crippen molar-refractivity contribution in [2.45, 2.75) is 31.2 Å². The summed E-state index contributed by atoms with van der Waals surface area (Å²) in [6.07, 6.45) is 2.65. The number of urea groups is 1. The molecule has 3 aromatic rings. The third kappa shape index (κ3) is 6.31. The largest absolute Gasteiger partial charge is 0.468 e. The fraction of sp³-hybridized carbons (Fsp3) is 0.310. The standard InChI is InChI=1S/C29H31N5O5/c1-38-28(36)24-18-39-27(31-24)26-22(17-35)8-5-9-23(26)32-29(37)33-25-14-20(10-12-30-25)21-11-13-34(16-21)15-19-6-3-2-4-7-19/h2-10,12,14,17,21,24,27,31H,11,13,15-16,18H2,1H3,(H2,30,32,33,37)/t21?,24-,27?/m0/s1. The predicted octanol–water partition coefficient (Wildman–Crippen LogP) is 3.69. The normalized spacial score (nSPS) is 20.9. The highest BCUT2D eigenvalue weighted by atomic mass is 16.5. The van der Waals surface area contributed by atoms with Crippen LogP contribution in [0.3, 0.4) is 0 Å². The molecule has 2 aromatic carbocycles. The van der Waals surface area contributed by atoms with Crippen molar-refractivity contribution < 1.29 is 23.9 Å². The number of hydrogen-bond acceptors (Lipinski definition) is 8. The van der Waals surface area contributed by atoms with Crippen LogP contribution in [0.1, 0.15) is 45.6 Å². The van der Waals surface area contributed by atoms with E-state index in [1.165, 1.54) is 12.7 Å². The molecule has 2 fully saturated rings. The minimum atomic E-state index is -0.770. The summed E-state index contributed by atoms with van der Waals surface area (Å²) >= 11 is 0. The average molecular weight is 530 g/mol. The lowest BCUT2D eigenvalue weighted by Gasteiger charge is -2.19. The fourth-order valence-corrected chi connectivity index (χ4v) is 5.13. The lowest BCUT2D eigenvalue weighted by molar-refractivity contribution is -0.142. The van der Waals surface area contributed by atoms with Crippen LogP contribution in [-0.2, 0) is 20.8 Å². The third-order valence-corrected chi connectivity index (χ3v) is 7.06. The summed E-state index contributed by atoms with van der Waals surface area (Å²) in [7, 11) is 1.30. The van der Waals surface area contributed by atoms with Gasteiger partial charge in [0.15, 0.2) is 6.29 Å². The second-order valence-corrected chi connectivity index (χ2v) is 9.64. The van der Waals surface area contributed by atoms with Crippen molar-refractivity contribution in [3.63, 3.8) is 0 Å². The minimum absolute atomic E-state index is 0.0802. The van der Waals surface area contributed by atoms with Crippen molar-refractivity contribution in [1.82, 2.24) is 15.2 Å². The fourth-order valence-electron chi connectivity index (χ4n) is 5.13. The van der Waals surface area contributed by atoms with E-state index < -0.39 is 24.3 Å². The van der Waals surface area contributed by atoms with Gasteiger partial charge < -0.3 is 14.8 Å². The van der Waals surface area contributed by atoms with Gasteiger partial charge in [-0.3, -0.25) is 25.1 Å². The van der Waals surface area contributed by atoms with E-state index in [1.54, 1.807) is 24.4 Å². The topological polar surface area (TPSA) is 122 Å². The van der Waals surface area contributed by atoms with Crippen LogP contribution < -0.4 is 16.0 Å². The van der Waals surface area contributed by atoms with Crippen molar-refractivity contribution >= 4 is 29.8 Å². The molecule has 10 nitrogen and oxygen atoms in total. The van der Waals surface area contributed by atoms with Crippen molar-refractivity contribution in [2.75, 3.05) is 37.4 Å². The Morgan fingerprint density at radius 2 is 2.00 bits per heavy atom. The maximum atomic E-state index is 13.0. The van der Waals surface area contributed by atoms with Crippen LogP contribution in [0.2, 0.25) is 0 Å². The number of ether oxygens (including phenoxy) is 2. The quantitative estimate of drug-likeness (QED) is 0.298. The molecule has 2 unspecified atom stereocenters. The second-order valence-electron chi connectivity index (χ2n) is 9.64. The Morgan fingerprint density at radius 1 is 1.15 bits per heavy atom. The summed E-state index contributed by atoms with van der Waals surface area (Å²) in [6.45, 7) is 2.94. The lowest BCUT2D eigenvalue weighted by atomic mass is 9.99. The molecule has 2 aliphatic heterocycles. The molecule has 0 saturated carbocycles. The molecule has 2 amide bonds. The zero-order chi connectivity index (χ0) is 27.2. The Balaban J connectivity index is 1.24. The number of carbonyl (C=O) groups excluding carboxylic acids is 3. The van der Waals surface area contributed by atoms with Crippen molar-refractivity contribution in [2.24, 2.45) is 0 Å². The van der Waals surface area contributed by atoms with Gasteiger partial charge in [-0.1, -0.05) is 42.5 Å². The van der Waals surface area contributed by atoms with E-state index in [-0.39, 0.29) is 6.61 Å².